The average molecular weight is 536 g/mol. The van der Waals surface area contributed by atoms with Crippen molar-refractivity contribution in [1.29, 1.82) is 0 Å². The van der Waals surface area contributed by atoms with Crippen molar-refractivity contribution in [3.8, 4) is 17.4 Å². The number of hydrogen-bond donors (Lipinski definition) is 1. The van der Waals surface area contributed by atoms with Gasteiger partial charge in [-0.15, -0.1) is 0 Å². The van der Waals surface area contributed by atoms with Gasteiger partial charge < -0.3 is 24.4 Å². The molecule has 4 heterocycles. The predicted octanol–water partition coefficient (Wildman–Crippen LogP) is 2.14. The fraction of sp³-hybridized carbons (Fsp3) is 0.444. The van der Waals surface area contributed by atoms with Gasteiger partial charge in [-0.2, -0.15) is 4.98 Å². The molecule has 12 heteroatoms. The van der Waals surface area contributed by atoms with Gasteiger partial charge in [0.15, 0.2) is 11.5 Å². The van der Waals surface area contributed by atoms with Crippen molar-refractivity contribution < 1.29 is 23.8 Å². The van der Waals surface area contributed by atoms with Crippen LogP contribution in [-0.4, -0.2) is 88.0 Å². The van der Waals surface area contributed by atoms with E-state index < -0.39 is 12.1 Å². The molecule has 1 aromatic carbocycles. The van der Waals surface area contributed by atoms with Gasteiger partial charge in [0.05, 0.1) is 6.10 Å². The maximum absolute atomic E-state index is 13.4. The molecule has 206 valence electrons. The van der Waals surface area contributed by atoms with Gasteiger partial charge in [0, 0.05) is 50.3 Å². The molecule has 0 aliphatic carbocycles. The number of hydrogen-bond acceptors (Lipinski definition) is 9. The van der Waals surface area contributed by atoms with E-state index in [9.17, 15) is 9.59 Å². The minimum absolute atomic E-state index is 0.251. The van der Waals surface area contributed by atoms with Gasteiger partial charge in [0.1, 0.15) is 31.4 Å². The van der Waals surface area contributed by atoms with E-state index in [0.29, 0.717) is 56.8 Å². The van der Waals surface area contributed by atoms with Gasteiger partial charge in [-0.3, -0.25) is 14.3 Å². The van der Waals surface area contributed by atoms with Crippen molar-refractivity contribution in [2.24, 2.45) is 0 Å². The molecule has 2 amide bonds. The third kappa shape index (κ3) is 6.21. The first-order valence-electron chi connectivity index (χ1n) is 13.1. The molecule has 0 radical (unpaired) electrons. The van der Waals surface area contributed by atoms with Crippen molar-refractivity contribution in [2.75, 3.05) is 44.3 Å². The number of fused-ring (bicyclic) bond motifs is 1. The lowest BCUT2D eigenvalue weighted by Gasteiger charge is -2.40. The first-order valence-corrected chi connectivity index (χ1v) is 13.1. The Bertz CT molecular complexity index is 1310. The Kier molecular flexibility index (Phi) is 7.80. The largest absolute Gasteiger partial charge is 0.486 e. The molecule has 2 aromatic heterocycles. The topological polar surface area (TPSA) is 124 Å². The summed E-state index contributed by atoms with van der Waals surface area (Å²) in [7, 11) is 0. The number of aromatic nitrogens is 4. The number of amides is 2. The van der Waals surface area contributed by atoms with E-state index >= 15 is 0 Å². The van der Waals surface area contributed by atoms with Crippen LogP contribution in [0.25, 0.3) is 5.95 Å². The Labute approximate surface area is 226 Å². The summed E-state index contributed by atoms with van der Waals surface area (Å²) in [5, 5.41) is 3.00. The van der Waals surface area contributed by atoms with Gasteiger partial charge in [-0.25, -0.2) is 14.8 Å². The molecule has 39 heavy (non-hydrogen) atoms. The van der Waals surface area contributed by atoms with Crippen LogP contribution in [0, 0.1) is 6.92 Å². The first-order chi connectivity index (χ1) is 18.9. The fourth-order valence-electron chi connectivity index (χ4n) is 4.59. The molecule has 2 aliphatic heterocycles. The maximum atomic E-state index is 13.4. The highest BCUT2D eigenvalue weighted by atomic mass is 16.6. The van der Waals surface area contributed by atoms with Crippen LogP contribution in [0.15, 0.2) is 43.0 Å². The van der Waals surface area contributed by atoms with E-state index in [-0.39, 0.29) is 18.6 Å². The summed E-state index contributed by atoms with van der Waals surface area (Å²) >= 11 is 0. The minimum Gasteiger partial charge on any atom is -0.486 e. The number of imidazole rings is 1. The zero-order valence-electron chi connectivity index (χ0n) is 22.4. The third-order valence-corrected chi connectivity index (χ3v) is 6.46. The van der Waals surface area contributed by atoms with Crippen LogP contribution in [0.4, 0.5) is 10.6 Å². The Balaban J connectivity index is 1.29. The molecule has 1 fully saturated rings. The van der Waals surface area contributed by atoms with Gasteiger partial charge in [-0.1, -0.05) is 6.07 Å². The maximum Gasteiger partial charge on any atom is 0.410 e. The molecule has 1 atom stereocenters. The smallest absolute Gasteiger partial charge is 0.410 e. The SMILES string of the molecule is Cc1cc(N2CCN(C(=O)OC(C)C)C(C(=O)NCCc3ccc4c(c3)OCCO4)C2)nc(-n2ccnc2)n1. The van der Waals surface area contributed by atoms with E-state index in [1.807, 2.05) is 36.1 Å². The summed E-state index contributed by atoms with van der Waals surface area (Å²) in [6.07, 6.45) is 4.88. The molecule has 1 unspecified atom stereocenters. The molecule has 2 aliphatic rings. The van der Waals surface area contributed by atoms with Crippen molar-refractivity contribution in [2.45, 2.75) is 39.3 Å². The van der Waals surface area contributed by atoms with E-state index in [2.05, 4.69) is 15.3 Å². The van der Waals surface area contributed by atoms with Crippen LogP contribution < -0.4 is 19.7 Å². The third-order valence-electron chi connectivity index (χ3n) is 6.46. The summed E-state index contributed by atoms with van der Waals surface area (Å²) in [5.41, 5.74) is 1.80. The lowest BCUT2D eigenvalue weighted by atomic mass is 10.1. The summed E-state index contributed by atoms with van der Waals surface area (Å²) < 4.78 is 18.4. The second-order valence-corrected chi connectivity index (χ2v) is 9.74. The monoisotopic (exact) mass is 535 g/mol. The van der Waals surface area contributed by atoms with Crippen LogP contribution in [0.1, 0.15) is 25.1 Å². The molecule has 1 saturated heterocycles. The number of nitrogens with one attached hydrogen (secondary N) is 1. The zero-order chi connectivity index (χ0) is 27.4. The summed E-state index contributed by atoms with van der Waals surface area (Å²) in [6.45, 7) is 8.00. The Morgan fingerprint density at radius 1 is 1.13 bits per heavy atom. The van der Waals surface area contributed by atoms with Crippen molar-refractivity contribution in [3.05, 3.63) is 54.2 Å². The predicted molar refractivity (Wildman–Crippen MR) is 142 cm³/mol. The molecule has 0 bridgehead atoms. The summed E-state index contributed by atoms with van der Waals surface area (Å²) in [6, 6.07) is 6.90. The number of benzene rings is 1. The molecule has 0 saturated carbocycles. The van der Waals surface area contributed by atoms with Crippen LogP contribution in [-0.2, 0) is 16.0 Å². The second kappa shape index (κ2) is 11.6. The molecule has 0 spiro atoms. The second-order valence-electron chi connectivity index (χ2n) is 9.74. The van der Waals surface area contributed by atoms with Gasteiger partial charge in [-0.05, 0) is 44.9 Å². The number of aryl methyl sites for hydroxylation is 1. The van der Waals surface area contributed by atoms with Crippen LogP contribution in [0.3, 0.4) is 0 Å². The van der Waals surface area contributed by atoms with Crippen molar-refractivity contribution in [1.82, 2.24) is 29.7 Å². The Morgan fingerprint density at radius 2 is 1.95 bits per heavy atom. The molecular weight excluding hydrogens is 502 g/mol. The Morgan fingerprint density at radius 3 is 2.72 bits per heavy atom. The number of nitrogens with zero attached hydrogens (tertiary/aromatic N) is 6. The number of rotatable bonds is 7. The van der Waals surface area contributed by atoms with Crippen molar-refractivity contribution >= 4 is 17.8 Å². The zero-order valence-corrected chi connectivity index (χ0v) is 22.4. The first kappa shape index (κ1) is 26.3. The molecule has 5 rings (SSSR count). The number of carbonyl (C=O) groups is 2. The molecular formula is C27H33N7O5. The molecule has 12 nitrogen and oxygen atoms in total. The van der Waals surface area contributed by atoms with Crippen molar-refractivity contribution in [3.63, 3.8) is 0 Å². The van der Waals surface area contributed by atoms with E-state index in [1.165, 1.54) is 4.90 Å². The van der Waals surface area contributed by atoms with Crippen LogP contribution in [0.5, 0.6) is 11.5 Å². The molecule has 1 N–H and O–H groups in total. The van der Waals surface area contributed by atoms with Crippen LogP contribution in [0.2, 0.25) is 0 Å². The lowest BCUT2D eigenvalue weighted by Crippen LogP contribution is -2.61. The standard InChI is InChI=1S/C27H33N7O5/c1-18(2)39-27(36)34-11-10-32(24-14-19(3)30-26(31-24)33-9-8-28-17-33)16-21(34)25(35)29-7-6-20-4-5-22-23(15-20)38-13-12-37-22/h4-5,8-9,14-15,17-18,21H,6-7,10-13,16H2,1-3H3,(H,29,35). The number of ether oxygens (including phenoxy) is 3. The van der Waals surface area contributed by atoms with Crippen LogP contribution >= 0.6 is 0 Å². The Hall–Kier alpha value is -4.35. The summed E-state index contributed by atoms with van der Waals surface area (Å²) in [4.78, 5) is 43.1. The van der Waals surface area contributed by atoms with E-state index in [0.717, 1.165) is 17.0 Å². The fourth-order valence-corrected chi connectivity index (χ4v) is 4.59. The molecule has 3 aromatic rings. The highest BCUT2D eigenvalue weighted by Gasteiger charge is 2.37. The van der Waals surface area contributed by atoms with Gasteiger partial charge >= 0.3 is 6.09 Å². The average Bonchev–Trinajstić information content (AvgIpc) is 3.47. The number of carbonyl (C=O) groups excluding carboxylic acids is 2. The lowest BCUT2D eigenvalue weighted by molar-refractivity contribution is -0.126. The van der Waals surface area contributed by atoms with E-state index in [4.69, 9.17) is 19.2 Å². The van der Waals surface area contributed by atoms with Gasteiger partial charge in [0.2, 0.25) is 11.9 Å². The quantitative estimate of drug-likeness (QED) is 0.485. The number of anilines is 1. The number of piperazine rings is 1. The van der Waals surface area contributed by atoms with E-state index in [1.54, 1.807) is 37.1 Å². The summed E-state index contributed by atoms with van der Waals surface area (Å²) in [5.74, 6) is 2.36. The highest BCUT2D eigenvalue weighted by Crippen LogP contribution is 2.30. The minimum atomic E-state index is -0.753. The highest BCUT2D eigenvalue weighted by molar-refractivity contribution is 5.86. The van der Waals surface area contributed by atoms with Gasteiger partial charge in [0.25, 0.3) is 0 Å². The normalized spacial score (nSPS) is 16.8.